The quantitative estimate of drug-likeness (QED) is 0.426. The minimum absolute atomic E-state index is 0.418. The Morgan fingerprint density at radius 2 is 1.00 bits per heavy atom. The molecule has 1 saturated heterocycles. The Morgan fingerprint density at radius 3 is 1.55 bits per heavy atom. The van der Waals surface area contributed by atoms with Crippen LogP contribution in [-0.4, -0.2) is 35.6 Å². The summed E-state index contributed by atoms with van der Waals surface area (Å²) in [6.07, 6.45) is 29.0. The Balaban J connectivity index is 1.53. The Hall–Kier alpha value is -0.700. The van der Waals surface area contributed by atoms with Gasteiger partial charge in [0.05, 0.1) is 6.04 Å². The normalized spacial score (nSPS) is 32.1. The number of nitrogens with one attached hydrogen (secondary N) is 1. The third kappa shape index (κ3) is 7.15. The Bertz CT molecular complexity index is 629. The monoisotopic (exact) mass is 455 g/mol. The number of aliphatic imine (C=N–C) groups is 2. The van der Waals surface area contributed by atoms with Gasteiger partial charge in [0.25, 0.3) is 0 Å². The minimum atomic E-state index is 0.418. The van der Waals surface area contributed by atoms with E-state index in [1.165, 1.54) is 146 Å². The number of rotatable bonds is 4. The molecule has 4 aliphatic rings. The second kappa shape index (κ2) is 12.8. The van der Waals surface area contributed by atoms with Gasteiger partial charge in [0, 0.05) is 29.5 Å². The van der Waals surface area contributed by atoms with E-state index >= 15 is 0 Å². The molecular weight excluding hydrogens is 402 g/mol. The summed E-state index contributed by atoms with van der Waals surface area (Å²) in [4.78, 5) is 10.7. The molecule has 33 heavy (non-hydrogen) atoms. The average molecular weight is 456 g/mol. The van der Waals surface area contributed by atoms with Crippen LogP contribution >= 0.6 is 0 Å². The van der Waals surface area contributed by atoms with Crippen LogP contribution in [0.5, 0.6) is 0 Å². The maximum atomic E-state index is 5.43. The lowest BCUT2D eigenvalue weighted by Crippen LogP contribution is -2.59. The van der Waals surface area contributed by atoms with Crippen LogP contribution in [0.4, 0.5) is 0 Å². The third-order valence-electron chi connectivity index (χ3n) is 9.60. The van der Waals surface area contributed by atoms with E-state index in [4.69, 9.17) is 9.98 Å². The van der Waals surface area contributed by atoms with E-state index in [0.29, 0.717) is 29.6 Å². The first-order chi connectivity index (χ1) is 16.2. The molecule has 0 aromatic carbocycles. The SMILES string of the molecule is C/C(=N\C1CCCCC1)C1CCC2(CCCCCCCCC2)C(/C(C)=N/C2CCCCC2)N1. The Morgan fingerprint density at radius 1 is 0.545 bits per heavy atom. The van der Waals surface area contributed by atoms with Gasteiger partial charge in [-0.1, -0.05) is 83.5 Å². The van der Waals surface area contributed by atoms with Gasteiger partial charge in [-0.2, -0.15) is 0 Å². The molecule has 2 unspecified atom stereocenters. The van der Waals surface area contributed by atoms with Gasteiger partial charge < -0.3 is 5.32 Å². The van der Waals surface area contributed by atoms with Crippen LogP contribution in [0.25, 0.3) is 0 Å². The van der Waals surface area contributed by atoms with Gasteiger partial charge in [0.1, 0.15) is 0 Å². The summed E-state index contributed by atoms with van der Waals surface area (Å²) in [7, 11) is 0. The van der Waals surface area contributed by atoms with Crippen molar-refractivity contribution in [2.45, 2.75) is 173 Å². The molecular formula is C30H53N3. The van der Waals surface area contributed by atoms with Crippen molar-refractivity contribution in [1.29, 1.82) is 0 Å². The largest absolute Gasteiger partial charge is 0.300 e. The van der Waals surface area contributed by atoms with E-state index < -0.39 is 0 Å². The molecule has 1 spiro atoms. The van der Waals surface area contributed by atoms with E-state index in [1.54, 1.807) is 0 Å². The van der Waals surface area contributed by atoms with Crippen molar-refractivity contribution in [2.24, 2.45) is 15.4 Å². The molecule has 2 atom stereocenters. The summed E-state index contributed by atoms with van der Waals surface area (Å²) in [5.74, 6) is 0. The van der Waals surface area contributed by atoms with Crippen molar-refractivity contribution in [2.75, 3.05) is 0 Å². The zero-order chi connectivity index (χ0) is 22.9. The van der Waals surface area contributed by atoms with Gasteiger partial charge in [0.15, 0.2) is 0 Å². The van der Waals surface area contributed by atoms with Crippen LogP contribution in [0, 0.1) is 5.41 Å². The highest BCUT2D eigenvalue weighted by atomic mass is 15.0. The predicted molar refractivity (Wildman–Crippen MR) is 144 cm³/mol. The van der Waals surface area contributed by atoms with E-state index in [0.717, 1.165) is 0 Å². The molecule has 0 radical (unpaired) electrons. The third-order valence-corrected chi connectivity index (χ3v) is 9.60. The second-order valence-corrected chi connectivity index (χ2v) is 12.2. The van der Waals surface area contributed by atoms with Gasteiger partial charge >= 0.3 is 0 Å². The topological polar surface area (TPSA) is 36.8 Å². The van der Waals surface area contributed by atoms with Gasteiger partial charge in [-0.05, 0) is 70.6 Å². The zero-order valence-corrected chi connectivity index (χ0v) is 22.1. The first-order valence-electron chi connectivity index (χ1n) is 15.0. The molecule has 3 nitrogen and oxygen atoms in total. The lowest BCUT2D eigenvalue weighted by molar-refractivity contribution is 0.122. The molecule has 0 aromatic heterocycles. The maximum Gasteiger partial charge on any atom is 0.0510 e. The van der Waals surface area contributed by atoms with Crippen LogP contribution < -0.4 is 5.32 Å². The van der Waals surface area contributed by atoms with E-state index in [1.807, 2.05) is 0 Å². The van der Waals surface area contributed by atoms with Crippen LogP contribution in [0.1, 0.15) is 149 Å². The minimum Gasteiger partial charge on any atom is -0.300 e. The van der Waals surface area contributed by atoms with Crippen LogP contribution in [0.2, 0.25) is 0 Å². The van der Waals surface area contributed by atoms with Gasteiger partial charge in [-0.25, -0.2) is 0 Å². The molecule has 0 bridgehead atoms. The molecule has 3 heteroatoms. The maximum absolute atomic E-state index is 5.43. The molecule has 0 amide bonds. The number of nitrogens with zero attached hydrogens (tertiary/aromatic N) is 2. The van der Waals surface area contributed by atoms with Crippen molar-refractivity contribution in [3.05, 3.63) is 0 Å². The first kappa shape index (κ1) is 25.4. The fourth-order valence-electron chi connectivity index (χ4n) is 7.59. The molecule has 3 saturated carbocycles. The van der Waals surface area contributed by atoms with Crippen LogP contribution in [0.15, 0.2) is 9.98 Å². The van der Waals surface area contributed by atoms with Crippen molar-refractivity contribution < 1.29 is 0 Å². The Labute approximate surface area is 205 Å². The molecule has 3 aliphatic carbocycles. The number of hydrogen-bond acceptors (Lipinski definition) is 3. The predicted octanol–water partition coefficient (Wildman–Crippen LogP) is 8.21. The standard InChI is InChI=1S/C30H53N3/c1-24(31-26-16-10-8-11-17-26)28-20-23-30(21-14-6-4-3-5-7-15-22-30)29(33-28)25(2)32-27-18-12-9-13-19-27/h26-29,33H,3-23H2,1-2H3/b31-24+,32-25+. The van der Waals surface area contributed by atoms with Gasteiger partial charge in [-0.3, -0.25) is 9.98 Å². The summed E-state index contributed by atoms with van der Waals surface area (Å²) in [5, 5.41) is 4.22. The molecule has 4 fully saturated rings. The summed E-state index contributed by atoms with van der Waals surface area (Å²) in [6, 6.07) is 2.07. The summed E-state index contributed by atoms with van der Waals surface area (Å²) >= 11 is 0. The highest BCUT2D eigenvalue weighted by Crippen LogP contribution is 2.44. The van der Waals surface area contributed by atoms with Crippen LogP contribution in [-0.2, 0) is 0 Å². The first-order valence-corrected chi connectivity index (χ1v) is 15.0. The summed E-state index contributed by atoms with van der Waals surface area (Å²) in [6.45, 7) is 4.70. The van der Waals surface area contributed by atoms with Crippen LogP contribution in [0.3, 0.4) is 0 Å². The Kier molecular flexibility index (Phi) is 9.88. The van der Waals surface area contributed by atoms with Gasteiger partial charge in [-0.15, -0.1) is 0 Å². The number of piperidine rings is 1. The smallest absolute Gasteiger partial charge is 0.0510 e. The van der Waals surface area contributed by atoms with E-state index in [9.17, 15) is 0 Å². The lowest BCUT2D eigenvalue weighted by Gasteiger charge is -2.49. The molecule has 1 N–H and O–H groups in total. The highest BCUT2D eigenvalue weighted by Gasteiger charge is 2.44. The zero-order valence-electron chi connectivity index (χ0n) is 22.1. The highest BCUT2D eigenvalue weighted by molar-refractivity contribution is 5.92. The number of hydrogen-bond donors (Lipinski definition) is 1. The van der Waals surface area contributed by atoms with Gasteiger partial charge in [0.2, 0.25) is 0 Å². The summed E-state index contributed by atoms with van der Waals surface area (Å²) in [5.41, 5.74) is 3.22. The van der Waals surface area contributed by atoms with Crippen molar-refractivity contribution in [3.63, 3.8) is 0 Å². The van der Waals surface area contributed by atoms with E-state index in [2.05, 4.69) is 19.2 Å². The molecule has 4 rings (SSSR count). The molecule has 188 valence electrons. The summed E-state index contributed by atoms with van der Waals surface area (Å²) < 4.78 is 0. The van der Waals surface area contributed by atoms with E-state index in [-0.39, 0.29) is 0 Å². The van der Waals surface area contributed by atoms with Crippen molar-refractivity contribution in [1.82, 2.24) is 5.32 Å². The fraction of sp³-hybridized carbons (Fsp3) is 0.933. The van der Waals surface area contributed by atoms with Crippen molar-refractivity contribution in [3.8, 4) is 0 Å². The molecule has 1 aliphatic heterocycles. The lowest BCUT2D eigenvalue weighted by atomic mass is 9.64. The molecule has 1 heterocycles. The second-order valence-electron chi connectivity index (χ2n) is 12.2. The average Bonchev–Trinajstić information content (AvgIpc) is 2.84. The fourth-order valence-corrected chi connectivity index (χ4v) is 7.59. The van der Waals surface area contributed by atoms with Crippen molar-refractivity contribution >= 4 is 11.4 Å². The molecule has 0 aromatic rings.